The fourth-order valence-corrected chi connectivity index (χ4v) is 3.45. The quantitative estimate of drug-likeness (QED) is 0.925. The Labute approximate surface area is 134 Å². The summed E-state index contributed by atoms with van der Waals surface area (Å²) in [5, 5.41) is 3.47. The second-order valence-corrected chi connectivity index (χ2v) is 6.66. The average Bonchev–Trinajstić information content (AvgIpc) is 2.55. The zero-order valence-corrected chi connectivity index (χ0v) is 14.1. The molecule has 1 aromatic carbocycles. The van der Waals surface area contributed by atoms with Crippen molar-refractivity contribution in [2.75, 3.05) is 44.6 Å². The molecule has 2 unspecified atom stereocenters. The van der Waals surface area contributed by atoms with Crippen molar-refractivity contribution in [2.45, 2.75) is 39.3 Å². The Morgan fingerprint density at radius 3 is 2.77 bits per heavy atom. The molecule has 22 heavy (non-hydrogen) atoms. The van der Waals surface area contributed by atoms with Crippen LogP contribution in [0.3, 0.4) is 0 Å². The Hall–Kier alpha value is -1.26. The molecule has 0 radical (unpaired) electrons. The van der Waals surface area contributed by atoms with Gasteiger partial charge in [-0.1, -0.05) is 13.0 Å². The standard InChI is InChI=1S/C18H29N3O/c1-4-20-7-9-21(10-8-20)14(2)11-16-5-6-18-17(12-16)19-13-15(3)22-18/h5-6,12,14-15,19H,4,7-11,13H2,1-3H3. The van der Waals surface area contributed by atoms with Crippen molar-refractivity contribution in [3.8, 4) is 5.75 Å². The molecule has 0 amide bonds. The van der Waals surface area contributed by atoms with Crippen molar-refractivity contribution in [2.24, 2.45) is 0 Å². The van der Waals surface area contributed by atoms with E-state index in [4.69, 9.17) is 4.74 Å². The first kappa shape index (κ1) is 15.6. The number of likely N-dealkylation sites (N-methyl/N-ethyl adjacent to an activating group) is 1. The van der Waals surface area contributed by atoms with Crippen LogP contribution in [-0.2, 0) is 6.42 Å². The summed E-state index contributed by atoms with van der Waals surface area (Å²) in [5.41, 5.74) is 2.55. The van der Waals surface area contributed by atoms with Crippen molar-refractivity contribution >= 4 is 5.69 Å². The van der Waals surface area contributed by atoms with E-state index in [1.54, 1.807) is 0 Å². The summed E-state index contributed by atoms with van der Waals surface area (Å²) < 4.78 is 5.85. The molecule has 1 aromatic rings. The van der Waals surface area contributed by atoms with Crippen molar-refractivity contribution in [3.63, 3.8) is 0 Å². The van der Waals surface area contributed by atoms with Crippen LogP contribution in [0.15, 0.2) is 18.2 Å². The maximum absolute atomic E-state index is 5.85. The molecule has 3 rings (SSSR count). The summed E-state index contributed by atoms with van der Waals surface area (Å²) in [6, 6.07) is 7.20. The molecular formula is C18H29N3O. The van der Waals surface area contributed by atoms with Gasteiger partial charge in [0.2, 0.25) is 0 Å². The molecule has 2 atom stereocenters. The normalized spacial score (nSPS) is 24.2. The highest BCUT2D eigenvalue weighted by Gasteiger charge is 2.21. The van der Waals surface area contributed by atoms with Gasteiger partial charge in [0, 0.05) is 32.2 Å². The maximum Gasteiger partial charge on any atom is 0.142 e. The highest BCUT2D eigenvalue weighted by molar-refractivity contribution is 5.59. The molecule has 0 aliphatic carbocycles. The number of anilines is 1. The number of ether oxygens (including phenoxy) is 1. The number of piperazine rings is 1. The number of hydrogen-bond acceptors (Lipinski definition) is 4. The first-order chi connectivity index (χ1) is 10.7. The van der Waals surface area contributed by atoms with Gasteiger partial charge >= 0.3 is 0 Å². The van der Waals surface area contributed by atoms with Crippen molar-refractivity contribution < 1.29 is 4.74 Å². The van der Waals surface area contributed by atoms with E-state index in [0.717, 1.165) is 24.4 Å². The van der Waals surface area contributed by atoms with Crippen LogP contribution in [0, 0.1) is 0 Å². The fourth-order valence-electron chi connectivity index (χ4n) is 3.45. The molecule has 0 saturated carbocycles. The van der Waals surface area contributed by atoms with Crippen molar-refractivity contribution in [3.05, 3.63) is 23.8 Å². The van der Waals surface area contributed by atoms with Gasteiger partial charge in [-0.2, -0.15) is 0 Å². The van der Waals surface area contributed by atoms with Crippen LogP contribution in [-0.4, -0.2) is 61.2 Å². The fraction of sp³-hybridized carbons (Fsp3) is 0.667. The zero-order valence-electron chi connectivity index (χ0n) is 14.1. The van der Waals surface area contributed by atoms with Gasteiger partial charge in [-0.15, -0.1) is 0 Å². The summed E-state index contributed by atoms with van der Waals surface area (Å²) >= 11 is 0. The summed E-state index contributed by atoms with van der Waals surface area (Å²) in [7, 11) is 0. The number of fused-ring (bicyclic) bond motifs is 1. The molecule has 4 heteroatoms. The number of rotatable bonds is 4. The van der Waals surface area contributed by atoms with Crippen LogP contribution in [0.1, 0.15) is 26.3 Å². The van der Waals surface area contributed by atoms with Crippen molar-refractivity contribution in [1.29, 1.82) is 0 Å². The molecule has 0 bridgehead atoms. The molecule has 1 fully saturated rings. The van der Waals surface area contributed by atoms with Crippen molar-refractivity contribution in [1.82, 2.24) is 9.80 Å². The minimum Gasteiger partial charge on any atom is -0.487 e. The lowest BCUT2D eigenvalue weighted by molar-refractivity contribution is 0.106. The lowest BCUT2D eigenvalue weighted by Crippen LogP contribution is -2.49. The predicted molar refractivity (Wildman–Crippen MR) is 91.9 cm³/mol. The Morgan fingerprint density at radius 2 is 2.05 bits per heavy atom. The summed E-state index contributed by atoms with van der Waals surface area (Å²) in [6.07, 6.45) is 1.36. The second-order valence-electron chi connectivity index (χ2n) is 6.66. The Bertz CT molecular complexity index is 497. The molecule has 122 valence electrons. The average molecular weight is 303 g/mol. The van der Waals surface area contributed by atoms with E-state index in [-0.39, 0.29) is 6.10 Å². The number of benzene rings is 1. The Kier molecular flexibility index (Phi) is 4.89. The molecular weight excluding hydrogens is 274 g/mol. The predicted octanol–water partition coefficient (Wildman–Crippen LogP) is 2.45. The SMILES string of the molecule is CCN1CCN(C(C)Cc2ccc3c(c2)NCC(C)O3)CC1. The van der Waals surface area contributed by atoms with Gasteiger partial charge in [-0.3, -0.25) is 4.90 Å². The molecule has 4 nitrogen and oxygen atoms in total. The van der Waals surface area contributed by atoms with E-state index in [1.807, 2.05) is 0 Å². The van der Waals surface area contributed by atoms with E-state index in [0.29, 0.717) is 6.04 Å². The first-order valence-corrected chi connectivity index (χ1v) is 8.65. The van der Waals surface area contributed by atoms with Crippen LogP contribution in [0.25, 0.3) is 0 Å². The van der Waals surface area contributed by atoms with Crippen LogP contribution in [0.4, 0.5) is 5.69 Å². The first-order valence-electron chi connectivity index (χ1n) is 8.65. The Morgan fingerprint density at radius 1 is 1.27 bits per heavy atom. The van der Waals surface area contributed by atoms with E-state index >= 15 is 0 Å². The maximum atomic E-state index is 5.85. The summed E-state index contributed by atoms with van der Waals surface area (Å²) in [5.74, 6) is 0.992. The highest BCUT2D eigenvalue weighted by Crippen LogP contribution is 2.30. The van der Waals surface area contributed by atoms with E-state index in [1.165, 1.54) is 38.3 Å². The van der Waals surface area contributed by atoms with Gasteiger partial charge in [-0.05, 0) is 44.5 Å². The highest BCUT2D eigenvalue weighted by atomic mass is 16.5. The number of nitrogens with one attached hydrogen (secondary N) is 1. The number of hydrogen-bond donors (Lipinski definition) is 1. The van der Waals surface area contributed by atoms with Gasteiger partial charge in [0.1, 0.15) is 11.9 Å². The lowest BCUT2D eigenvalue weighted by Gasteiger charge is -2.37. The zero-order chi connectivity index (χ0) is 15.5. The molecule has 0 aromatic heterocycles. The number of nitrogens with zero attached hydrogens (tertiary/aromatic N) is 2. The molecule has 2 aliphatic heterocycles. The van der Waals surface area contributed by atoms with Crippen LogP contribution < -0.4 is 10.1 Å². The van der Waals surface area contributed by atoms with E-state index < -0.39 is 0 Å². The van der Waals surface area contributed by atoms with Crippen LogP contribution in [0.5, 0.6) is 5.75 Å². The Balaban J connectivity index is 1.59. The van der Waals surface area contributed by atoms with E-state index in [2.05, 4.69) is 54.1 Å². The summed E-state index contributed by atoms with van der Waals surface area (Å²) in [4.78, 5) is 5.15. The minimum absolute atomic E-state index is 0.257. The van der Waals surface area contributed by atoms with E-state index in [9.17, 15) is 0 Å². The third kappa shape index (κ3) is 3.55. The topological polar surface area (TPSA) is 27.7 Å². The minimum atomic E-state index is 0.257. The van der Waals surface area contributed by atoms with Crippen LogP contribution in [0.2, 0.25) is 0 Å². The largest absolute Gasteiger partial charge is 0.487 e. The van der Waals surface area contributed by atoms with Gasteiger partial charge in [0.05, 0.1) is 12.2 Å². The molecule has 1 saturated heterocycles. The smallest absolute Gasteiger partial charge is 0.142 e. The third-order valence-electron chi connectivity index (χ3n) is 4.96. The molecule has 2 heterocycles. The monoisotopic (exact) mass is 303 g/mol. The van der Waals surface area contributed by atoms with Crippen LogP contribution >= 0.6 is 0 Å². The van der Waals surface area contributed by atoms with Gasteiger partial charge in [-0.25, -0.2) is 0 Å². The van der Waals surface area contributed by atoms with Gasteiger partial charge < -0.3 is 15.0 Å². The van der Waals surface area contributed by atoms with Gasteiger partial charge in [0.25, 0.3) is 0 Å². The third-order valence-corrected chi connectivity index (χ3v) is 4.96. The molecule has 1 N–H and O–H groups in total. The molecule has 0 spiro atoms. The lowest BCUT2D eigenvalue weighted by atomic mass is 10.0. The summed E-state index contributed by atoms with van der Waals surface area (Å²) in [6.45, 7) is 13.6. The second kappa shape index (κ2) is 6.88. The molecule has 2 aliphatic rings. The van der Waals surface area contributed by atoms with Gasteiger partial charge in [0.15, 0.2) is 0 Å².